The number of hydrogen-bond donors (Lipinski definition) is 2. The summed E-state index contributed by atoms with van der Waals surface area (Å²) < 4.78 is 1.06. The molecule has 1 aliphatic rings. The average Bonchev–Trinajstić information content (AvgIpc) is 2.73. The van der Waals surface area contributed by atoms with Crippen LogP contribution in [0, 0.1) is 0 Å². The second-order valence-electron chi connectivity index (χ2n) is 4.94. The summed E-state index contributed by atoms with van der Waals surface area (Å²) >= 11 is 5.10. The van der Waals surface area contributed by atoms with Gasteiger partial charge in [-0.25, -0.2) is 0 Å². The van der Waals surface area contributed by atoms with Crippen LogP contribution in [0.1, 0.15) is 34.3 Å². The maximum atomic E-state index is 12.1. The quantitative estimate of drug-likeness (QED) is 0.864. The molecule has 2 heterocycles. The van der Waals surface area contributed by atoms with Crippen molar-refractivity contribution >= 4 is 33.2 Å². The van der Waals surface area contributed by atoms with E-state index in [4.69, 9.17) is 0 Å². The van der Waals surface area contributed by atoms with Gasteiger partial charge in [0.25, 0.3) is 5.91 Å². The molecule has 0 aromatic carbocycles. The molecule has 2 N–H and O–H groups in total. The van der Waals surface area contributed by atoms with Crippen molar-refractivity contribution in [2.24, 2.45) is 0 Å². The molecule has 0 bridgehead atoms. The minimum atomic E-state index is 0.0879. The van der Waals surface area contributed by atoms with Gasteiger partial charge in [0, 0.05) is 28.2 Å². The molecule has 1 aromatic rings. The van der Waals surface area contributed by atoms with E-state index < -0.39 is 0 Å². The van der Waals surface area contributed by atoms with Crippen LogP contribution in [0.4, 0.5) is 0 Å². The monoisotopic (exact) mass is 331 g/mol. The van der Waals surface area contributed by atoms with E-state index in [1.165, 1.54) is 4.88 Å². The van der Waals surface area contributed by atoms with Crippen LogP contribution in [0.25, 0.3) is 0 Å². The van der Waals surface area contributed by atoms with Crippen LogP contribution >= 0.6 is 27.3 Å². The van der Waals surface area contributed by atoms with Crippen molar-refractivity contribution in [3.05, 3.63) is 20.3 Å². The number of carbonyl (C=O) groups is 1. The predicted octanol–water partition coefficient (Wildman–Crippen LogP) is 1.48. The molecule has 0 radical (unpaired) electrons. The summed E-state index contributed by atoms with van der Waals surface area (Å²) in [5.74, 6) is 0.0879. The van der Waals surface area contributed by atoms with Gasteiger partial charge in [0.1, 0.15) is 0 Å². The molecule has 1 aromatic heterocycles. The Morgan fingerprint density at radius 3 is 2.78 bits per heavy atom. The highest BCUT2D eigenvalue weighted by molar-refractivity contribution is 9.10. The van der Waals surface area contributed by atoms with Gasteiger partial charge in [0.05, 0.1) is 25.0 Å². The summed E-state index contributed by atoms with van der Waals surface area (Å²) in [5, 5.41) is 3.16. The molecule has 2 rings (SSSR count). The molecule has 0 spiro atoms. The highest BCUT2D eigenvalue weighted by atomic mass is 79.9. The molecule has 1 aliphatic heterocycles. The normalized spacial score (nSPS) is 23.9. The summed E-state index contributed by atoms with van der Waals surface area (Å²) in [7, 11) is 2.21. The molecule has 0 saturated carbocycles. The summed E-state index contributed by atoms with van der Waals surface area (Å²) in [6.07, 6.45) is 3.14. The fourth-order valence-electron chi connectivity index (χ4n) is 2.27. The SMILES string of the molecule is CCc1sc(C(=O)NC2CC[NH+](C)CC2)cc1Br. The molecule has 1 amide bonds. The van der Waals surface area contributed by atoms with E-state index >= 15 is 0 Å². The first-order chi connectivity index (χ1) is 8.60. The minimum absolute atomic E-state index is 0.0879. The number of rotatable bonds is 3. The number of amides is 1. The first-order valence-electron chi connectivity index (χ1n) is 6.50. The van der Waals surface area contributed by atoms with Crippen LogP contribution in [0.15, 0.2) is 10.5 Å². The Labute approximate surface area is 121 Å². The van der Waals surface area contributed by atoms with E-state index in [-0.39, 0.29) is 5.91 Å². The first kappa shape index (κ1) is 14.0. The van der Waals surface area contributed by atoms with E-state index in [1.807, 2.05) is 6.07 Å². The van der Waals surface area contributed by atoms with Gasteiger partial charge in [0.15, 0.2) is 0 Å². The predicted molar refractivity (Wildman–Crippen MR) is 78.5 cm³/mol. The van der Waals surface area contributed by atoms with E-state index in [0.717, 1.165) is 41.7 Å². The third-order valence-electron chi connectivity index (χ3n) is 3.48. The third kappa shape index (κ3) is 3.33. The molecule has 3 nitrogen and oxygen atoms in total. The highest BCUT2D eigenvalue weighted by Gasteiger charge is 2.22. The van der Waals surface area contributed by atoms with Crippen LogP contribution in [0.5, 0.6) is 0 Å². The Hall–Kier alpha value is -0.390. The van der Waals surface area contributed by atoms with E-state index in [2.05, 4.69) is 35.2 Å². The lowest BCUT2D eigenvalue weighted by atomic mass is 10.1. The maximum Gasteiger partial charge on any atom is 0.261 e. The molecular weight excluding hydrogens is 312 g/mol. The molecule has 18 heavy (non-hydrogen) atoms. The van der Waals surface area contributed by atoms with Crippen molar-refractivity contribution in [3.8, 4) is 0 Å². The van der Waals surface area contributed by atoms with Crippen molar-refractivity contribution in [2.45, 2.75) is 32.2 Å². The number of quaternary nitrogens is 1. The standard InChI is InChI=1S/C13H19BrN2OS/c1-3-11-10(14)8-12(18-11)13(17)15-9-4-6-16(2)7-5-9/h8-9H,3-7H2,1-2H3,(H,15,17)/p+1. The third-order valence-corrected chi connectivity index (χ3v) is 5.72. The zero-order valence-corrected chi connectivity index (χ0v) is 13.3. The average molecular weight is 332 g/mol. The number of likely N-dealkylation sites (tertiary alicyclic amines) is 1. The number of hydrogen-bond acceptors (Lipinski definition) is 2. The molecule has 0 unspecified atom stereocenters. The van der Waals surface area contributed by atoms with Gasteiger partial charge in [-0.05, 0) is 28.4 Å². The smallest absolute Gasteiger partial charge is 0.261 e. The van der Waals surface area contributed by atoms with E-state index in [9.17, 15) is 4.79 Å². The molecule has 1 saturated heterocycles. The van der Waals surface area contributed by atoms with Crippen LogP contribution < -0.4 is 10.2 Å². The second-order valence-corrected chi connectivity index (χ2v) is 6.93. The van der Waals surface area contributed by atoms with E-state index in [0.29, 0.717) is 6.04 Å². The molecule has 100 valence electrons. The zero-order valence-electron chi connectivity index (χ0n) is 10.9. The van der Waals surface area contributed by atoms with Crippen LogP contribution in [-0.2, 0) is 6.42 Å². The number of piperidine rings is 1. The van der Waals surface area contributed by atoms with E-state index in [1.54, 1.807) is 16.2 Å². The van der Waals surface area contributed by atoms with Crippen molar-refractivity contribution in [3.63, 3.8) is 0 Å². The molecular formula is C13H20BrN2OS+. The number of carbonyl (C=O) groups excluding carboxylic acids is 1. The lowest BCUT2D eigenvalue weighted by Gasteiger charge is -2.26. The topological polar surface area (TPSA) is 33.5 Å². The lowest BCUT2D eigenvalue weighted by Crippen LogP contribution is -3.10. The van der Waals surface area contributed by atoms with Gasteiger partial charge in [-0.15, -0.1) is 11.3 Å². The zero-order chi connectivity index (χ0) is 13.1. The van der Waals surface area contributed by atoms with Gasteiger partial charge in [0.2, 0.25) is 0 Å². The number of thiophene rings is 1. The van der Waals surface area contributed by atoms with Gasteiger partial charge < -0.3 is 10.2 Å². The summed E-state index contributed by atoms with van der Waals surface area (Å²) in [4.78, 5) is 15.8. The van der Waals surface area contributed by atoms with Gasteiger partial charge in [-0.3, -0.25) is 4.79 Å². The lowest BCUT2D eigenvalue weighted by molar-refractivity contribution is -0.884. The van der Waals surface area contributed by atoms with Crippen molar-refractivity contribution in [2.75, 3.05) is 20.1 Å². The fraction of sp³-hybridized carbons (Fsp3) is 0.615. The first-order valence-corrected chi connectivity index (χ1v) is 8.11. The fourth-order valence-corrected chi connectivity index (χ4v) is 4.07. The molecule has 0 atom stereocenters. The Bertz CT molecular complexity index is 425. The van der Waals surface area contributed by atoms with Crippen LogP contribution in [0.2, 0.25) is 0 Å². The second kappa shape index (κ2) is 6.17. The molecule has 5 heteroatoms. The van der Waals surface area contributed by atoms with Crippen LogP contribution in [-0.4, -0.2) is 32.1 Å². The van der Waals surface area contributed by atoms with Crippen molar-refractivity contribution < 1.29 is 9.69 Å². The Kier molecular flexibility index (Phi) is 4.81. The largest absolute Gasteiger partial charge is 0.348 e. The van der Waals surface area contributed by atoms with Crippen molar-refractivity contribution in [1.82, 2.24) is 5.32 Å². The van der Waals surface area contributed by atoms with Gasteiger partial charge in [-0.2, -0.15) is 0 Å². The van der Waals surface area contributed by atoms with Crippen LogP contribution in [0.3, 0.4) is 0 Å². The van der Waals surface area contributed by atoms with Gasteiger partial charge in [-0.1, -0.05) is 6.92 Å². The highest BCUT2D eigenvalue weighted by Crippen LogP contribution is 2.27. The summed E-state index contributed by atoms with van der Waals surface area (Å²) in [6.45, 7) is 4.41. The molecule has 1 fully saturated rings. The number of halogens is 1. The number of aryl methyl sites for hydroxylation is 1. The Balaban J connectivity index is 1.94. The summed E-state index contributed by atoms with van der Waals surface area (Å²) in [5.41, 5.74) is 0. The Morgan fingerprint density at radius 1 is 1.56 bits per heavy atom. The maximum absolute atomic E-state index is 12.1. The summed E-state index contributed by atoms with van der Waals surface area (Å²) in [6, 6.07) is 2.30. The van der Waals surface area contributed by atoms with Crippen molar-refractivity contribution in [1.29, 1.82) is 0 Å². The Morgan fingerprint density at radius 2 is 2.22 bits per heavy atom. The number of nitrogens with one attached hydrogen (secondary N) is 2. The minimum Gasteiger partial charge on any atom is -0.348 e. The van der Waals surface area contributed by atoms with Gasteiger partial charge >= 0.3 is 0 Å². The molecule has 0 aliphatic carbocycles.